The fourth-order valence-corrected chi connectivity index (χ4v) is 3.29. The van der Waals surface area contributed by atoms with Crippen molar-refractivity contribution in [3.63, 3.8) is 0 Å². The van der Waals surface area contributed by atoms with E-state index in [1.165, 1.54) is 25.3 Å². The number of ether oxygens (including phenoxy) is 1. The molecule has 1 aliphatic heterocycles. The van der Waals surface area contributed by atoms with Crippen LogP contribution in [-0.2, 0) is 19.4 Å². The van der Waals surface area contributed by atoms with Crippen molar-refractivity contribution in [2.24, 2.45) is 0 Å². The lowest BCUT2D eigenvalue weighted by Gasteiger charge is -2.11. The minimum atomic E-state index is -0.480. The van der Waals surface area contributed by atoms with E-state index < -0.39 is 11.8 Å². The third-order valence-corrected chi connectivity index (χ3v) is 4.67. The molecule has 1 aliphatic rings. The van der Waals surface area contributed by atoms with Crippen LogP contribution in [0.15, 0.2) is 42.5 Å². The molecule has 1 aromatic heterocycles. The first kappa shape index (κ1) is 18.0. The minimum Gasteiger partial charge on any atom is -0.495 e. The molecular weight excluding hydrogens is 361 g/mol. The highest BCUT2D eigenvalue weighted by Gasteiger charge is 2.17. The molecule has 0 saturated carbocycles. The number of methoxy groups -OCH3 is 1. The number of benzene rings is 2. The molecule has 0 saturated heterocycles. The zero-order valence-corrected chi connectivity index (χ0v) is 15.4. The van der Waals surface area contributed by atoms with Gasteiger partial charge in [-0.2, -0.15) is 0 Å². The molecule has 0 atom stereocenters. The Morgan fingerprint density at radius 1 is 1.18 bits per heavy atom. The van der Waals surface area contributed by atoms with Gasteiger partial charge in [0.25, 0.3) is 0 Å². The summed E-state index contributed by atoms with van der Waals surface area (Å²) in [7, 11) is 1.46. The molecule has 8 heteroatoms. The number of hydrogen-bond acceptors (Lipinski definition) is 4. The molecule has 144 valence electrons. The monoisotopic (exact) mass is 381 g/mol. The summed E-state index contributed by atoms with van der Waals surface area (Å²) < 4.78 is 20.7. The summed E-state index contributed by atoms with van der Waals surface area (Å²) >= 11 is 0. The van der Waals surface area contributed by atoms with Crippen molar-refractivity contribution in [2.45, 2.75) is 25.8 Å². The predicted molar refractivity (Wildman–Crippen MR) is 103 cm³/mol. The summed E-state index contributed by atoms with van der Waals surface area (Å²) in [6.07, 6.45) is 2.80. The van der Waals surface area contributed by atoms with E-state index in [0.717, 1.165) is 36.6 Å². The average Bonchev–Trinajstić information content (AvgIpc) is 3.29. The Morgan fingerprint density at radius 2 is 2.00 bits per heavy atom. The number of rotatable bonds is 5. The van der Waals surface area contributed by atoms with Gasteiger partial charge in [-0.25, -0.2) is 9.18 Å². The van der Waals surface area contributed by atoms with E-state index in [2.05, 4.69) is 25.4 Å². The number of nitrogens with one attached hydrogen (secondary N) is 2. The van der Waals surface area contributed by atoms with Crippen molar-refractivity contribution in [1.82, 2.24) is 14.8 Å². The van der Waals surface area contributed by atoms with Gasteiger partial charge in [0.1, 0.15) is 23.2 Å². The summed E-state index contributed by atoms with van der Waals surface area (Å²) in [5.74, 6) is 1.94. The summed E-state index contributed by atoms with van der Waals surface area (Å²) in [4.78, 5) is 12.2. The van der Waals surface area contributed by atoms with Crippen LogP contribution in [0, 0.1) is 5.82 Å². The molecule has 0 unspecified atom stereocenters. The predicted octanol–water partition coefficient (Wildman–Crippen LogP) is 3.61. The second kappa shape index (κ2) is 7.67. The van der Waals surface area contributed by atoms with E-state index in [1.54, 1.807) is 0 Å². The topological polar surface area (TPSA) is 81.1 Å². The fourth-order valence-electron chi connectivity index (χ4n) is 3.29. The molecule has 0 spiro atoms. The van der Waals surface area contributed by atoms with E-state index in [1.807, 2.05) is 24.3 Å². The van der Waals surface area contributed by atoms with Crippen LogP contribution in [0.4, 0.5) is 20.6 Å². The maximum absolute atomic E-state index is 13.4. The van der Waals surface area contributed by atoms with Crippen LogP contribution in [0.25, 0.3) is 0 Å². The second-order valence-electron chi connectivity index (χ2n) is 6.59. The Labute approximate surface area is 161 Å². The Bertz CT molecular complexity index is 1000. The lowest BCUT2D eigenvalue weighted by atomic mass is 10.1. The molecule has 2 N–H and O–H groups in total. The average molecular weight is 381 g/mol. The Kier molecular flexibility index (Phi) is 4.92. The molecule has 0 aliphatic carbocycles. The van der Waals surface area contributed by atoms with Crippen molar-refractivity contribution in [2.75, 3.05) is 17.7 Å². The number of carbonyl (C=O) groups is 1. The van der Waals surface area contributed by atoms with Gasteiger partial charge < -0.3 is 19.9 Å². The van der Waals surface area contributed by atoms with Crippen LogP contribution in [0.3, 0.4) is 0 Å². The lowest BCUT2D eigenvalue weighted by Crippen LogP contribution is -2.20. The Morgan fingerprint density at radius 3 is 2.79 bits per heavy atom. The molecule has 0 radical (unpaired) electrons. The third-order valence-electron chi connectivity index (χ3n) is 4.67. The molecule has 2 amide bonds. The summed E-state index contributed by atoms with van der Waals surface area (Å²) in [5, 5.41) is 13.8. The van der Waals surface area contributed by atoms with Crippen molar-refractivity contribution < 1.29 is 13.9 Å². The van der Waals surface area contributed by atoms with Gasteiger partial charge in [0.15, 0.2) is 0 Å². The Hall–Kier alpha value is -3.42. The van der Waals surface area contributed by atoms with Crippen LogP contribution in [0.2, 0.25) is 0 Å². The highest BCUT2D eigenvalue weighted by molar-refractivity contribution is 6.00. The SMILES string of the molecule is COc1ccc(F)cc1NC(=O)Nc1ccc(Cc2nnc3n2CCC3)cc1. The molecule has 28 heavy (non-hydrogen) atoms. The molecule has 4 rings (SSSR count). The van der Waals surface area contributed by atoms with Crippen LogP contribution in [0.5, 0.6) is 5.75 Å². The van der Waals surface area contributed by atoms with E-state index in [-0.39, 0.29) is 5.69 Å². The number of amides is 2. The maximum atomic E-state index is 13.4. The van der Waals surface area contributed by atoms with E-state index in [9.17, 15) is 9.18 Å². The molecule has 2 heterocycles. The summed E-state index contributed by atoms with van der Waals surface area (Å²) in [5.41, 5.74) is 1.97. The summed E-state index contributed by atoms with van der Waals surface area (Å²) in [6, 6.07) is 11.0. The van der Waals surface area contributed by atoms with Crippen LogP contribution in [0.1, 0.15) is 23.6 Å². The van der Waals surface area contributed by atoms with Gasteiger partial charge in [0, 0.05) is 31.1 Å². The van der Waals surface area contributed by atoms with Gasteiger partial charge in [-0.15, -0.1) is 10.2 Å². The highest BCUT2D eigenvalue weighted by Crippen LogP contribution is 2.25. The zero-order valence-electron chi connectivity index (χ0n) is 15.4. The van der Waals surface area contributed by atoms with Gasteiger partial charge in [-0.05, 0) is 36.2 Å². The van der Waals surface area contributed by atoms with Crippen molar-refractivity contribution in [3.8, 4) is 5.75 Å². The molecule has 7 nitrogen and oxygen atoms in total. The number of carbonyl (C=O) groups excluding carboxylic acids is 1. The number of aryl methyl sites for hydroxylation is 1. The summed E-state index contributed by atoms with van der Waals surface area (Å²) in [6.45, 7) is 0.973. The first-order chi connectivity index (χ1) is 13.6. The zero-order chi connectivity index (χ0) is 19.5. The van der Waals surface area contributed by atoms with Gasteiger partial charge >= 0.3 is 6.03 Å². The van der Waals surface area contributed by atoms with Gasteiger partial charge in [0.2, 0.25) is 0 Å². The minimum absolute atomic E-state index is 0.261. The highest BCUT2D eigenvalue weighted by atomic mass is 19.1. The van der Waals surface area contributed by atoms with Crippen LogP contribution < -0.4 is 15.4 Å². The van der Waals surface area contributed by atoms with E-state index >= 15 is 0 Å². The van der Waals surface area contributed by atoms with Gasteiger partial charge in [0.05, 0.1) is 12.8 Å². The number of aromatic nitrogens is 3. The fraction of sp³-hybridized carbons (Fsp3) is 0.250. The van der Waals surface area contributed by atoms with Crippen molar-refractivity contribution >= 4 is 17.4 Å². The quantitative estimate of drug-likeness (QED) is 0.708. The molecule has 3 aromatic rings. The largest absolute Gasteiger partial charge is 0.495 e. The maximum Gasteiger partial charge on any atom is 0.323 e. The number of hydrogen-bond donors (Lipinski definition) is 2. The molecular formula is C20H20FN5O2. The third kappa shape index (κ3) is 3.80. The number of nitrogens with zero attached hydrogens (tertiary/aromatic N) is 3. The van der Waals surface area contributed by atoms with Gasteiger partial charge in [-0.3, -0.25) is 0 Å². The second-order valence-corrected chi connectivity index (χ2v) is 6.59. The first-order valence-corrected chi connectivity index (χ1v) is 9.04. The first-order valence-electron chi connectivity index (χ1n) is 9.04. The standard InChI is InChI=1S/C20H20FN5O2/c1-28-17-9-6-14(21)12-16(17)23-20(27)22-15-7-4-13(5-8-15)11-19-25-24-18-3-2-10-26(18)19/h4-9,12H,2-3,10-11H2,1H3,(H2,22,23,27). The molecule has 2 aromatic carbocycles. The number of anilines is 2. The molecule has 0 fully saturated rings. The van der Waals surface area contributed by atoms with Crippen LogP contribution >= 0.6 is 0 Å². The van der Waals surface area contributed by atoms with Crippen LogP contribution in [-0.4, -0.2) is 27.9 Å². The molecule has 0 bridgehead atoms. The normalized spacial score (nSPS) is 12.5. The number of fused-ring (bicyclic) bond motifs is 1. The number of halogens is 1. The number of urea groups is 1. The van der Waals surface area contributed by atoms with E-state index in [0.29, 0.717) is 17.9 Å². The Balaban J connectivity index is 1.39. The van der Waals surface area contributed by atoms with E-state index in [4.69, 9.17) is 4.74 Å². The lowest BCUT2D eigenvalue weighted by molar-refractivity contribution is 0.262. The van der Waals surface area contributed by atoms with Gasteiger partial charge in [-0.1, -0.05) is 12.1 Å². The smallest absolute Gasteiger partial charge is 0.323 e. The van der Waals surface area contributed by atoms with Crippen molar-refractivity contribution in [3.05, 3.63) is 65.5 Å². The van der Waals surface area contributed by atoms with Crippen molar-refractivity contribution in [1.29, 1.82) is 0 Å².